The summed E-state index contributed by atoms with van der Waals surface area (Å²) in [5.74, 6) is 0. The summed E-state index contributed by atoms with van der Waals surface area (Å²) < 4.78 is 5.85. The molecule has 1 aromatic rings. The lowest BCUT2D eigenvalue weighted by molar-refractivity contribution is -0.0667. The largest absolute Gasteiger partial charge is 0.353 e. The Labute approximate surface area is 90.6 Å². The van der Waals surface area contributed by atoms with Crippen LogP contribution in [0.5, 0.6) is 0 Å². The Kier molecular flexibility index (Phi) is 2.54. The van der Waals surface area contributed by atoms with Gasteiger partial charge >= 0.3 is 0 Å². The van der Waals surface area contributed by atoms with Gasteiger partial charge in [-0.2, -0.15) is 0 Å². The molecule has 1 aliphatic rings. The van der Waals surface area contributed by atoms with E-state index >= 15 is 0 Å². The van der Waals surface area contributed by atoms with Crippen LogP contribution in [0.2, 0.25) is 0 Å². The van der Waals surface area contributed by atoms with E-state index in [1.165, 1.54) is 0 Å². The molecule has 1 unspecified atom stereocenters. The molecule has 0 spiro atoms. The molecule has 0 amide bonds. The van der Waals surface area contributed by atoms with E-state index in [4.69, 9.17) is 10.5 Å². The second-order valence-corrected chi connectivity index (χ2v) is 4.54. The predicted octanol–water partition coefficient (Wildman–Crippen LogP) is 1.20. The van der Waals surface area contributed by atoms with Gasteiger partial charge < -0.3 is 10.5 Å². The van der Waals surface area contributed by atoms with Crippen molar-refractivity contribution in [3.63, 3.8) is 0 Å². The Morgan fingerprint density at radius 1 is 1.33 bits per heavy atom. The quantitative estimate of drug-likeness (QED) is 0.764. The molecule has 0 aromatic heterocycles. The number of rotatable bonds is 2. The van der Waals surface area contributed by atoms with Gasteiger partial charge in [-0.05, 0) is 13.8 Å². The highest BCUT2D eigenvalue weighted by atomic mass is 16.5. The third-order valence-corrected chi connectivity index (χ3v) is 2.88. The van der Waals surface area contributed by atoms with Crippen LogP contribution in [0, 0.1) is 0 Å². The summed E-state index contributed by atoms with van der Waals surface area (Å²) in [7, 11) is 0. The van der Waals surface area contributed by atoms with Crippen LogP contribution in [0.1, 0.15) is 19.4 Å². The lowest BCUT2D eigenvalue weighted by atomic mass is 9.85. The fraction of sp³-hybridized carbons (Fsp3) is 0.500. The van der Waals surface area contributed by atoms with Crippen LogP contribution in [0.3, 0.4) is 0 Å². The minimum Gasteiger partial charge on any atom is -0.353 e. The predicted molar refractivity (Wildman–Crippen MR) is 60.3 cm³/mol. The monoisotopic (exact) mass is 206 g/mol. The van der Waals surface area contributed by atoms with Gasteiger partial charge in [-0.25, -0.2) is 0 Å². The first-order chi connectivity index (χ1) is 7.06. The molecule has 0 radical (unpaired) electrons. The summed E-state index contributed by atoms with van der Waals surface area (Å²) in [5, 5.41) is 3.38. The van der Waals surface area contributed by atoms with Crippen molar-refractivity contribution < 1.29 is 4.74 Å². The second kappa shape index (κ2) is 3.59. The van der Waals surface area contributed by atoms with Gasteiger partial charge in [-0.1, -0.05) is 30.3 Å². The van der Waals surface area contributed by atoms with Crippen LogP contribution >= 0.6 is 0 Å². The van der Waals surface area contributed by atoms with Gasteiger partial charge in [0.25, 0.3) is 0 Å². The van der Waals surface area contributed by atoms with Crippen molar-refractivity contribution in [2.45, 2.75) is 25.1 Å². The van der Waals surface area contributed by atoms with Gasteiger partial charge in [-0.3, -0.25) is 5.32 Å². The Bertz CT molecular complexity index is 323. The normalized spacial score (nSPS) is 26.9. The van der Waals surface area contributed by atoms with Gasteiger partial charge in [0.15, 0.2) is 5.72 Å². The molecular weight excluding hydrogens is 188 g/mol. The Morgan fingerprint density at radius 2 is 2.00 bits per heavy atom. The number of ether oxygens (including phenoxy) is 1. The molecule has 82 valence electrons. The molecule has 1 fully saturated rings. The first-order valence-corrected chi connectivity index (χ1v) is 5.30. The number of nitrogens with two attached hydrogens (primary N) is 1. The fourth-order valence-electron chi connectivity index (χ4n) is 2.13. The van der Waals surface area contributed by atoms with Gasteiger partial charge in [0.2, 0.25) is 0 Å². The summed E-state index contributed by atoms with van der Waals surface area (Å²) in [4.78, 5) is 0. The highest BCUT2D eigenvalue weighted by molar-refractivity contribution is 5.27. The van der Waals surface area contributed by atoms with Crippen LogP contribution in [0.15, 0.2) is 30.3 Å². The number of nitrogens with one attached hydrogen (secondary N) is 1. The summed E-state index contributed by atoms with van der Waals surface area (Å²) in [5.41, 5.74) is 6.31. The van der Waals surface area contributed by atoms with Crippen molar-refractivity contribution in [1.29, 1.82) is 0 Å². The van der Waals surface area contributed by atoms with E-state index in [2.05, 4.69) is 5.32 Å². The number of hydrogen-bond donors (Lipinski definition) is 2. The topological polar surface area (TPSA) is 47.3 Å². The Morgan fingerprint density at radius 3 is 2.47 bits per heavy atom. The zero-order chi connectivity index (χ0) is 10.9. The van der Waals surface area contributed by atoms with Crippen LogP contribution in [0.4, 0.5) is 0 Å². The van der Waals surface area contributed by atoms with Crippen molar-refractivity contribution in [1.82, 2.24) is 5.32 Å². The summed E-state index contributed by atoms with van der Waals surface area (Å²) in [6, 6.07) is 10.1. The van der Waals surface area contributed by atoms with Crippen LogP contribution in [-0.4, -0.2) is 18.7 Å². The first-order valence-electron chi connectivity index (χ1n) is 5.30. The van der Waals surface area contributed by atoms with Crippen LogP contribution < -0.4 is 11.1 Å². The zero-order valence-electron chi connectivity index (χ0n) is 9.29. The average molecular weight is 206 g/mol. The number of hydrogen-bond acceptors (Lipinski definition) is 3. The third-order valence-electron chi connectivity index (χ3n) is 2.88. The summed E-state index contributed by atoms with van der Waals surface area (Å²) >= 11 is 0. The lowest BCUT2D eigenvalue weighted by Crippen LogP contribution is -2.60. The third kappa shape index (κ3) is 1.67. The Hall–Kier alpha value is -0.900. The standard InChI is InChI=1S/C12H18N2O/c1-11(2,13)12(14-8-9-15-12)10-6-4-3-5-7-10/h3-7,14H,8-9,13H2,1-2H3. The van der Waals surface area contributed by atoms with E-state index in [-0.39, 0.29) is 0 Å². The molecule has 1 saturated heterocycles. The van der Waals surface area contributed by atoms with Gasteiger partial charge in [0.05, 0.1) is 12.1 Å². The van der Waals surface area contributed by atoms with Gasteiger partial charge in [0.1, 0.15) is 0 Å². The van der Waals surface area contributed by atoms with E-state index in [0.29, 0.717) is 6.61 Å². The highest BCUT2D eigenvalue weighted by Gasteiger charge is 2.47. The lowest BCUT2D eigenvalue weighted by Gasteiger charge is -2.40. The molecule has 3 N–H and O–H groups in total. The summed E-state index contributed by atoms with van der Waals surface area (Å²) in [6.07, 6.45) is 0. The van der Waals surface area contributed by atoms with E-state index in [1.54, 1.807) is 0 Å². The molecule has 1 heterocycles. The molecule has 0 saturated carbocycles. The molecule has 2 rings (SSSR count). The molecule has 1 aliphatic heterocycles. The maximum absolute atomic E-state index is 6.22. The molecule has 1 atom stereocenters. The zero-order valence-corrected chi connectivity index (χ0v) is 9.29. The van der Waals surface area contributed by atoms with E-state index in [9.17, 15) is 0 Å². The molecule has 3 nitrogen and oxygen atoms in total. The van der Waals surface area contributed by atoms with Gasteiger partial charge in [-0.15, -0.1) is 0 Å². The van der Waals surface area contributed by atoms with E-state index < -0.39 is 11.3 Å². The highest BCUT2D eigenvalue weighted by Crippen LogP contribution is 2.34. The maximum atomic E-state index is 6.22. The smallest absolute Gasteiger partial charge is 0.162 e. The van der Waals surface area contributed by atoms with E-state index in [1.807, 2.05) is 44.2 Å². The minimum atomic E-state index is -0.547. The molecule has 0 bridgehead atoms. The minimum absolute atomic E-state index is 0.454. The van der Waals surface area contributed by atoms with Crippen molar-refractivity contribution in [3.8, 4) is 0 Å². The van der Waals surface area contributed by atoms with Crippen molar-refractivity contribution in [2.75, 3.05) is 13.2 Å². The molecular formula is C12H18N2O. The van der Waals surface area contributed by atoms with E-state index in [0.717, 1.165) is 12.1 Å². The Balaban J connectivity index is 2.44. The van der Waals surface area contributed by atoms with Gasteiger partial charge in [0, 0.05) is 12.1 Å². The first kappa shape index (κ1) is 10.6. The number of benzene rings is 1. The fourth-order valence-corrected chi connectivity index (χ4v) is 2.13. The molecule has 1 aromatic carbocycles. The molecule has 15 heavy (non-hydrogen) atoms. The van der Waals surface area contributed by atoms with Crippen molar-refractivity contribution >= 4 is 0 Å². The van der Waals surface area contributed by atoms with Crippen LogP contribution in [0.25, 0.3) is 0 Å². The van der Waals surface area contributed by atoms with Crippen molar-refractivity contribution in [3.05, 3.63) is 35.9 Å². The van der Waals surface area contributed by atoms with Crippen molar-refractivity contribution in [2.24, 2.45) is 5.73 Å². The molecule has 3 heteroatoms. The second-order valence-electron chi connectivity index (χ2n) is 4.54. The van der Waals surface area contributed by atoms with Crippen LogP contribution in [-0.2, 0) is 10.5 Å². The maximum Gasteiger partial charge on any atom is 0.162 e. The molecule has 0 aliphatic carbocycles. The SMILES string of the molecule is CC(C)(N)C1(c2ccccc2)NCCO1. The summed E-state index contributed by atoms with van der Waals surface area (Å²) in [6.45, 7) is 5.52. The average Bonchev–Trinajstić information content (AvgIpc) is 2.68.